The van der Waals surface area contributed by atoms with Crippen LogP contribution in [0.5, 0.6) is 5.75 Å². The van der Waals surface area contributed by atoms with Gasteiger partial charge in [0.25, 0.3) is 0 Å². The van der Waals surface area contributed by atoms with Crippen LogP contribution in [-0.4, -0.2) is 50.5 Å². The van der Waals surface area contributed by atoms with Crippen molar-refractivity contribution in [2.45, 2.75) is 70.0 Å². The smallest absolute Gasteiger partial charge is 0.406 e. The van der Waals surface area contributed by atoms with Gasteiger partial charge < -0.3 is 25.8 Å². The third-order valence-corrected chi connectivity index (χ3v) is 7.04. The predicted molar refractivity (Wildman–Crippen MR) is 134 cm³/mol. The molecule has 1 aromatic carbocycles. The van der Waals surface area contributed by atoms with Crippen LogP contribution in [-0.2, 0) is 9.53 Å². The molecular formula is C25H30F3N7O3. The standard InChI is InChI=1S/C25H30F3N7O3/c1-14-11-17(9-10-37-14)31-23-30-13-20-22(34-23)35(18-7-5-15(6-8-18)21(29)36)24(33-20)32-16-3-2-4-19(12-16)38-25(26,27)28/h2-4,12-15,17-18H,5-11H2,1H3,(H2,29,36)(H,32,33)(H,30,31,34)/t14-,15?,17-,18?/m0/s1. The van der Waals surface area contributed by atoms with Crippen LogP contribution in [0.4, 0.5) is 30.8 Å². The van der Waals surface area contributed by atoms with Crippen LogP contribution in [0.25, 0.3) is 11.2 Å². The zero-order chi connectivity index (χ0) is 26.9. The number of amides is 1. The monoisotopic (exact) mass is 533 g/mol. The lowest BCUT2D eigenvalue weighted by Gasteiger charge is -2.29. The Morgan fingerprint density at radius 3 is 2.68 bits per heavy atom. The zero-order valence-electron chi connectivity index (χ0n) is 20.9. The Bertz CT molecular complexity index is 1290. The Kier molecular flexibility index (Phi) is 7.28. The van der Waals surface area contributed by atoms with Crippen LogP contribution in [0.2, 0.25) is 0 Å². The van der Waals surface area contributed by atoms with Crippen LogP contribution in [0, 0.1) is 5.92 Å². The van der Waals surface area contributed by atoms with Gasteiger partial charge in [0.2, 0.25) is 17.8 Å². The second-order valence-electron chi connectivity index (χ2n) is 9.86. The van der Waals surface area contributed by atoms with Gasteiger partial charge in [-0.3, -0.25) is 9.36 Å². The number of carbonyl (C=O) groups is 1. The number of halogens is 3. The highest BCUT2D eigenvalue weighted by Crippen LogP contribution is 2.37. The molecule has 3 aromatic rings. The molecular weight excluding hydrogens is 503 g/mol. The van der Waals surface area contributed by atoms with Gasteiger partial charge in [0.05, 0.1) is 12.3 Å². The van der Waals surface area contributed by atoms with E-state index < -0.39 is 6.36 Å². The minimum absolute atomic E-state index is 0.0430. The molecule has 1 saturated heterocycles. The third-order valence-electron chi connectivity index (χ3n) is 7.04. The van der Waals surface area contributed by atoms with Crippen molar-refractivity contribution in [1.82, 2.24) is 19.5 Å². The van der Waals surface area contributed by atoms with E-state index in [2.05, 4.69) is 25.3 Å². The molecule has 1 aliphatic heterocycles. The molecule has 13 heteroatoms. The van der Waals surface area contributed by atoms with Crippen molar-refractivity contribution in [2.75, 3.05) is 17.2 Å². The maximum atomic E-state index is 12.7. The molecule has 0 bridgehead atoms. The van der Waals surface area contributed by atoms with E-state index in [0.29, 0.717) is 61.0 Å². The van der Waals surface area contributed by atoms with Gasteiger partial charge in [-0.25, -0.2) is 9.97 Å². The van der Waals surface area contributed by atoms with Crippen molar-refractivity contribution in [3.8, 4) is 5.75 Å². The van der Waals surface area contributed by atoms with Gasteiger partial charge in [-0.2, -0.15) is 4.98 Å². The molecule has 1 saturated carbocycles. The molecule has 0 unspecified atom stereocenters. The number of anilines is 3. The summed E-state index contributed by atoms with van der Waals surface area (Å²) in [6.45, 7) is 2.69. The largest absolute Gasteiger partial charge is 0.573 e. The van der Waals surface area contributed by atoms with E-state index >= 15 is 0 Å². The Morgan fingerprint density at radius 1 is 1.18 bits per heavy atom. The fraction of sp³-hybridized carbons (Fsp3) is 0.520. The number of primary amides is 1. The van der Waals surface area contributed by atoms with Crippen molar-refractivity contribution in [3.05, 3.63) is 30.5 Å². The minimum Gasteiger partial charge on any atom is -0.406 e. The van der Waals surface area contributed by atoms with Gasteiger partial charge in [0.1, 0.15) is 11.3 Å². The number of rotatable bonds is 7. The van der Waals surface area contributed by atoms with Crippen molar-refractivity contribution >= 4 is 34.7 Å². The van der Waals surface area contributed by atoms with Crippen molar-refractivity contribution in [3.63, 3.8) is 0 Å². The molecule has 204 valence electrons. The normalized spacial score (nSPS) is 24.2. The Hall–Kier alpha value is -3.61. The SMILES string of the molecule is C[C@H]1C[C@@H](Nc2ncc3nc(Nc4cccc(OC(F)(F)F)c4)n(C4CCC(C(N)=O)CC4)c3n2)CCO1. The molecule has 2 fully saturated rings. The predicted octanol–water partition coefficient (Wildman–Crippen LogP) is 4.66. The van der Waals surface area contributed by atoms with Gasteiger partial charge in [-0.15, -0.1) is 13.2 Å². The third kappa shape index (κ3) is 6.09. The lowest BCUT2D eigenvalue weighted by atomic mass is 9.85. The summed E-state index contributed by atoms with van der Waals surface area (Å²) < 4.78 is 49.9. The number of carbonyl (C=O) groups excluding carboxylic acids is 1. The van der Waals surface area contributed by atoms with Gasteiger partial charge in [0.15, 0.2) is 5.65 Å². The number of aromatic nitrogens is 4. The van der Waals surface area contributed by atoms with Gasteiger partial charge in [-0.05, 0) is 57.6 Å². The molecule has 0 radical (unpaired) electrons. The molecule has 5 rings (SSSR count). The van der Waals surface area contributed by atoms with E-state index in [0.717, 1.165) is 12.8 Å². The first-order chi connectivity index (χ1) is 18.1. The minimum atomic E-state index is -4.80. The highest BCUT2D eigenvalue weighted by molar-refractivity contribution is 5.78. The van der Waals surface area contributed by atoms with Gasteiger partial charge in [0, 0.05) is 36.4 Å². The van der Waals surface area contributed by atoms with E-state index in [1.165, 1.54) is 18.2 Å². The molecule has 38 heavy (non-hydrogen) atoms. The number of alkyl halides is 3. The lowest BCUT2D eigenvalue weighted by molar-refractivity contribution is -0.274. The highest BCUT2D eigenvalue weighted by atomic mass is 19.4. The van der Waals surface area contributed by atoms with Gasteiger partial charge >= 0.3 is 6.36 Å². The summed E-state index contributed by atoms with van der Waals surface area (Å²) in [5, 5.41) is 6.53. The van der Waals surface area contributed by atoms with Gasteiger partial charge in [-0.1, -0.05) is 6.07 Å². The summed E-state index contributed by atoms with van der Waals surface area (Å²) >= 11 is 0. The molecule has 3 heterocycles. The van der Waals surface area contributed by atoms with E-state index in [1.54, 1.807) is 12.3 Å². The lowest BCUT2D eigenvalue weighted by Crippen LogP contribution is -2.33. The highest BCUT2D eigenvalue weighted by Gasteiger charge is 2.32. The number of benzene rings is 1. The summed E-state index contributed by atoms with van der Waals surface area (Å²) in [5.74, 6) is 0.0480. The number of nitrogens with one attached hydrogen (secondary N) is 2. The van der Waals surface area contributed by atoms with E-state index in [9.17, 15) is 18.0 Å². The maximum Gasteiger partial charge on any atom is 0.573 e. The first-order valence-electron chi connectivity index (χ1n) is 12.7. The molecule has 2 aliphatic rings. The topological polar surface area (TPSA) is 129 Å². The molecule has 2 atom stereocenters. The second-order valence-corrected chi connectivity index (χ2v) is 9.86. The van der Waals surface area contributed by atoms with E-state index in [4.69, 9.17) is 15.5 Å². The number of hydrogen-bond acceptors (Lipinski definition) is 8. The molecule has 2 aromatic heterocycles. The van der Waals surface area contributed by atoms with Crippen LogP contribution in [0.1, 0.15) is 51.5 Å². The van der Waals surface area contributed by atoms with Crippen LogP contribution in [0.15, 0.2) is 30.5 Å². The van der Waals surface area contributed by atoms with Crippen LogP contribution in [0.3, 0.4) is 0 Å². The molecule has 4 N–H and O–H groups in total. The van der Waals surface area contributed by atoms with Crippen molar-refractivity contribution in [2.24, 2.45) is 11.7 Å². The number of ether oxygens (including phenoxy) is 2. The molecule has 10 nitrogen and oxygen atoms in total. The Morgan fingerprint density at radius 2 is 1.97 bits per heavy atom. The van der Waals surface area contributed by atoms with E-state index in [1.807, 2.05) is 11.5 Å². The fourth-order valence-corrected chi connectivity index (χ4v) is 5.22. The van der Waals surface area contributed by atoms with Crippen LogP contribution < -0.4 is 21.1 Å². The summed E-state index contributed by atoms with van der Waals surface area (Å²) in [6.07, 6.45) is 1.26. The Labute approximate surface area is 217 Å². The molecule has 0 spiro atoms. The number of nitrogens with two attached hydrogens (primary N) is 1. The number of hydrogen-bond donors (Lipinski definition) is 3. The van der Waals surface area contributed by atoms with E-state index in [-0.39, 0.29) is 35.8 Å². The summed E-state index contributed by atoms with van der Waals surface area (Å²) in [5.41, 5.74) is 7.03. The first-order valence-corrected chi connectivity index (χ1v) is 12.7. The Balaban J connectivity index is 1.47. The summed E-state index contributed by atoms with van der Waals surface area (Å²) in [4.78, 5) is 25.6. The fourth-order valence-electron chi connectivity index (χ4n) is 5.22. The number of imidazole rings is 1. The number of nitrogens with zero attached hydrogens (tertiary/aromatic N) is 4. The summed E-state index contributed by atoms with van der Waals surface area (Å²) in [7, 11) is 0. The van der Waals surface area contributed by atoms with Crippen LogP contribution >= 0.6 is 0 Å². The molecule has 1 amide bonds. The molecule has 1 aliphatic carbocycles. The zero-order valence-corrected chi connectivity index (χ0v) is 20.9. The first kappa shape index (κ1) is 26.0. The second kappa shape index (κ2) is 10.6. The van der Waals surface area contributed by atoms with Crippen molar-refractivity contribution < 1.29 is 27.4 Å². The number of fused-ring (bicyclic) bond motifs is 1. The maximum absolute atomic E-state index is 12.7. The quantitative estimate of drug-likeness (QED) is 0.400. The van der Waals surface area contributed by atoms with Crippen molar-refractivity contribution in [1.29, 1.82) is 0 Å². The average Bonchev–Trinajstić information content (AvgIpc) is 3.20. The summed E-state index contributed by atoms with van der Waals surface area (Å²) in [6, 6.07) is 5.71. The average molecular weight is 534 g/mol.